The summed E-state index contributed by atoms with van der Waals surface area (Å²) in [5, 5.41) is 5.89. The highest BCUT2D eigenvalue weighted by atomic mass is 35.5. The maximum atomic E-state index is 13.2. The first-order valence-corrected chi connectivity index (χ1v) is 14.4. The van der Waals surface area contributed by atoms with Crippen molar-refractivity contribution >= 4 is 77.0 Å². The van der Waals surface area contributed by atoms with Crippen molar-refractivity contribution in [3.8, 4) is 5.82 Å². The molecule has 0 spiro atoms. The molecule has 0 saturated carbocycles. The number of urea groups is 1. The molecule has 1 aliphatic rings. The molecule has 4 heterocycles. The number of amides is 2. The van der Waals surface area contributed by atoms with E-state index in [1.54, 1.807) is 12.1 Å². The Labute approximate surface area is 218 Å². The number of fused-ring (bicyclic) bond motifs is 2. The lowest BCUT2D eigenvalue weighted by Gasteiger charge is -2.17. The Bertz CT molecular complexity index is 1900. The van der Waals surface area contributed by atoms with Gasteiger partial charge in [0.15, 0.2) is 0 Å². The van der Waals surface area contributed by atoms with Crippen molar-refractivity contribution in [1.82, 2.24) is 14.3 Å². The molecule has 3 aromatic heterocycles. The largest absolute Gasteiger partial charge is 0.342 e. The number of anilines is 2. The zero-order valence-corrected chi connectivity index (χ0v) is 21.8. The average molecular weight is 579 g/mol. The van der Waals surface area contributed by atoms with Crippen LogP contribution in [0.25, 0.3) is 16.6 Å². The monoisotopic (exact) mass is 578 g/mol. The van der Waals surface area contributed by atoms with Crippen LogP contribution in [0.3, 0.4) is 0 Å². The summed E-state index contributed by atoms with van der Waals surface area (Å²) in [6.07, 6.45) is 2.72. The van der Waals surface area contributed by atoms with Crippen molar-refractivity contribution in [3.05, 3.63) is 69.5 Å². The second-order valence-corrected chi connectivity index (χ2v) is 12.9. The van der Waals surface area contributed by atoms with Gasteiger partial charge in [0.1, 0.15) is 20.8 Å². The van der Waals surface area contributed by atoms with E-state index in [9.17, 15) is 26.4 Å². The summed E-state index contributed by atoms with van der Waals surface area (Å²) in [5.74, 6) is 0.409. The Morgan fingerprint density at radius 2 is 1.95 bits per heavy atom. The fourth-order valence-corrected chi connectivity index (χ4v) is 7.13. The van der Waals surface area contributed by atoms with E-state index < -0.39 is 31.6 Å². The molecule has 0 fully saturated rings. The number of aromatic nitrogens is 2. The second kappa shape index (κ2) is 8.95. The van der Waals surface area contributed by atoms with Gasteiger partial charge in [-0.25, -0.2) is 22.9 Å². The Kier molecular flexibility index (Phi) is 6.02. The highest BCUT2D eigenvalue weighted by Gasteiger charge is 2.25. The third-order valence-electron chi connectivity index (χ3n) is 5.15. The Morgan fingerprint density at radius 3 is 2.62 bits per heavy atom. The molecule has 37 heavy (non-hydrogen) atoms. The Hall–Kier alpha value is -3.79. The molecule has 2 amide bonds. The molecule has 0 radical (unpaired) electrons. The summed E-state index contributed by atoms with van der Waals surface area (Å²) in [6.45, 7) is 1.52. The van der Waals surface area contributed by atoms with E-state index in [2.05, 4.69) is 20.0 Å². The molecule has 0 saturated heterocycles. The zero-order valence-electron chi connectivity index (χ0n) is 18.6. The van der Waals surface area contributed by atoms with Gasteiger partial charge in [-0.1, -0.05) is 11.6 Å². The molecule has 16 heteroatoms. The van der Waals surface area contributed by atoms with Gasteiger partial charge in [0.25, 0.3) is 25.6 Å². The van der Waals surface area contributed by atoms with Gasteiger partial charge >= 0.3 is 6.03 Å². The lowest BCUT2D eigenvalue weighted by atomic mass is 10.1. The van der Waals surface area contributed by atoms with Gasteiger partial charge in [-0.15, -0.1) is 15.7 Å². The van der Waals surface area contributed by atoms with E-state index in [1.165, 1.54) is 54.2 Å². The highest BCUT2D eigenvalue weighted by molar-refractivity contribution is 7.92. The number of benzene rings is 1. The first-order chi connectivity index (χ1) is 17.4. The minimum atomic E-state index is -4.10. The molecule has 1 aromatic carbocycles. The predicted molar refractivity (Wildman–Crippen MR) is 140 cm³/mol. The van der Waals surface area contributed by atoms with Crippen molar-refractivity contribution in [1.29, 1.82) is 0 Å². The van der Waals surface area contributed by atoms with Gasteiger partial charge in [0, 0.05) is 11.6 Å². The summed E-state index contributed by atoms with van der Waals surface area (Å²) in [7, 11) is -8.06. The summed E-state index contributed by atoms with van der Waals surface area (Å²) in [5.41, 5.74) is -0.0319. The number of pyridine rings is 2. The van der Waals surface area contributed by atoms with E-state index in [-0.39, 0.29) is 36.2 Å². The van der Waals surface area contributed by atoms with E-state index in [1.807, 2.05) is 4.72 Å². The third kappa shape index (κ3) is 4.81. The van der Waals surface area contributed by atoms with Gasteiger partial charge in [-0.3, -0.25) is 9.36 Å². The molecule has 0 unspecified atom stereocenters. The number of amidine groups is 1. The SMILES string of the molecule is CC1=NS(=O)(=O)c2cc3c(=O)n(-c4ccc(NC(=O)NS(=O)(=O)c5ccc(Cl)s5)cn4)ccc3cc2N1. The molecular formula is C21H15ClN6O6S3. The van der Waals surface area contributed by atoms with Crippen LogP contribution >= 0.6 is 22.9 Å². The highest BCUT2D eigenvalue weighted by Crippen LogP contribution is 2.31. The zero-order chi connectivity index (χ0) is 26.5. The fourth-order valence-electron chi connectivity index (χ4n) is 3.58. The van der Waals surface area contributed by atoms with Gasteiger partial charge in [0.05, 0.1) is 21.9 Å². The van der Waals surface area contributed by atoms with Crippen LogP contribution in [-0.4, -0.2) is 38.3 Å². The minimum absolute atomic E-state index is 0.112. The van der Waals surface area contributed by atoms with E-state index in [0.29, 0.717) is 11.1 Å². The quantitative estimate of drug-likeness (QED) is 0.332. The molecule has 4 aromatic rings. The maximum Gasteiger partial charge on any atom is 0.333 e. The molecule has 0 atom stereocenters. The fraction of sp³-hybridized carbons (Fsp3) is 0.0476. The van der Waals surface area contributed by atoms with Crippen LogP contribution in [0.1, 0.15) is 6.92 Å². The van der Waals surface area contributed by atoms with E-state index >= 15 is 0 Å². The summed E-state index contributed by atoms with van der Waals surface area (Å²) in [4.78, 5) is 29.4. The average Bonchev–Trinajstić information content (AvgIpc) is 3.26. The molecule has 1 aliphatic heterocycles. The molecular weight excluding hydrogens is 564 g/mol. The van der Waals surface area contributed by atoms with E-state index in [4.69, 9.17) is 11.6 Å². The van der Waals surface area contributed by atoms with Crippen molar-refractivity contribution in [3.63, 3.8) is 0 Å². The number of carbonyl (C=O) groups is 1. The first kappa shape index (κ1) is 24.9. The number of hydrogen-bond acceptors (Lipinski definition) is 9. The van der Waals surface area contributed by atoms with Crippen molar-refractivity contribution in [2.24, 2.45) is 4.40 Å². The number of carbonyl (C=O) groups excluding carboxylic acids is 1. The van der Waals surface area contributed by atoms with Crippen molar-refractivity contribution in [2.75, 3.05) is 10.6 Å². The van der Waals surface area contributed by atoms with Gasteiger partial charge in [-0.2, -0.15) is 8.42 Å². The maximum absolute atomic E-state index is 13.2. The van der Waals surface area contributed by atoms with Crippen molar-refractivity contribution < 1.29 is 21.6 Å². The normalized spacial score (nSPS) is 14.4. The lowest BCUT2D eigenvalue weighted by Crippen LogP contribution is -2.34. The standard InChI is InChI=1S/C21H15ClN6O6S3/c1-11-24-15-8-12-6-7-28(20(29)14(12)9-16(15)36(31,32)26-11)18-4-2-13(10-23-18)25-21(30)27-37(33,34)19-5-3-17(22)35-19/h2-10H,1H3,(H,24,26)(H2,25,27,30). The smallest absolute Gasteiger partial charge is 0.333 e. The third-order valence-corrected chi connectivity index (χ3v) is 9.61. The Balaban J connectivity index is 1.40. The van der Waals surface area contributed by atoms with Crippen LogP contribution in [0.2, 0.25) is 4.34 Å². The number of rotatable bonds is 4. The first-order valence-electron chi connectivity index (χ1n) is 10.3. The predicted octanol–water partition coefficient (Wildman–Crippen LogP) is 3.14. The number of nitrogens with zero attached hydrogens (tertiary/aromatic N) is 3. The van der Waals surface area contributed by atoms with Crippen LogP contribution < -0.4 is 20.9 Å². The molecule has 0 aliphatic carbocycles. The lowest BCUT2D eigenvalue weighted by molar-refractivity contribution is 0.256. The number of sulfonamides is 2. The molecule has 0 bridgehead atoms. The summed E-state index contributed by atoms with van der Waals surface area (Å²) in [6, 6.07) is 8.97. The van der Waals surface area contributed by atoms with Crippen LogP contribution in [-0.2, 0) is 20.0 Å². The van der Waals surface area contributed by atoms with Gasteiger partial charge < -0.3 is 10.6 Å². The number of thiophene rings is 1. The number of nitrogens with one attached hydrogen (secondary N) is 3. The van der Waals surface area contributed by atoms with Crippen molar-refractivity contribution in [2.45, 2.75) is 16.0 Å². The minimum Gasteiger partial charge on any atom is -0.342 e. The topological polar surface area (TPSA) is 169 Å². The van der Waals surface area contributed by atoms with Gasteiger partial charge in [-0.05, 0) is 54.8 Å². The molecule has 12 nitrogen and oxygen atoms in total. The second-order valence-electron chi connectivity index (χ2n) is 7.73. The molecule has 190 valence electrons. The molecule has 5 rings (SSSR count). The van der Waals surface area contributed by atoms with E-state index in [0.717, 1.165) is 11.3 Å². The number of halogens is 1. The van der Waals surface area contributed by atoms with Crippen LogP contribution in [0, 0.1) is 0 Å². The summed E-state index contributed by atoms with van der Waals surface area (Å²) >= 11 is 6.55. The van der Waals surface area contributed by atoms with Gasteiger partial charge in [0.2, 0.25) is 0 Å². The van der Waals surface area contributed by atoms with Crippen LogP contribution in [0.5, 0.6) is 0 Å². The van der Waals surface area contributed by atoms with Crippen LogP contribution in [0.15, 0.2) is 73.2 Å². The summed E-state index contributed by atoms with van der Waals surface area (Å²) < 4.78 is 56.3. The van der Waals surface area contributed by atoms with Crippen LogP contribution in [0.4, 0.5) is 16.2 Å². The molecule has 3 N–H and O–H groups in total. The Morgan fingerprint density at radius 1 is 1.16 bits per heavy atom. The number of hydrogen-bond donors (Lipinski definition) is 3.